The van der Waals surface area contributed by atoms with Gasteiger partial charge in [0.25, 0.3) is 0 Å². The first-order valence-electron chi connectivity index (χ1n) is 4.30. The van der Waals surface area contributed by atoms with Crippen LogP contribution in [-0.2, 0) is 6.42 Å². The monoisotopic (exact) mass is 184 g/mol. The predicted octanol–water partition coefficient (Wildman–Crippen LogP) is 1.10. The van der Waals surface area contributed by atoms with E-state index >= 15 is 0 Å². The Balaban J connectivity index is 1.96. The van der Waals surface area contributed by atoms with Gasteiger partial charge in [-0.2, -0.15) is 11.3 Å². The van der Waals surface area contributed by atoms with E-state index in [4.69, 9.17) is 0 Å². The molecule has 1 aromatic heterocycles. The maximum atomic E-state index is 3.37. The molecule has 2 nitrogen and oxygen atoms in total. The molecule has 0 atom stereocenters. The predicted molar refractivity (Wildman–Crippen MR) is 54.8 cm³/mol. The summed E-state index contributed by atoms with van der Waals surface area (Å²) in [4.78, 5) is 0. The van der Waals surface area contributed by atoms with E-state index in [1.165, 1.54) is 5.56 Å². The molecule has 1 rings (SSSR count). The Morgan fingerprint density at radius 2 is 2.25 bits per heavy atom. The molecule has 2 N–H and O–H groups in total. The molecule has 0 aromatic carbocycles. The van der Waals surface area contributed by atoms with Gasteiger partial charge in [-0.05, 0) is 42.4 Å². The van der Waals surface area contributed by atoms with Gasteiger partial charge in [0, 0.05) is 13.1 Å². The fourth-order valence-electron chi connectivity index (χ4n) is 1.01. The van der Waals surface area contributed by atoms with E-state index in [2.05, 4.69) is 27.5 Å². The Morgan fingerprint density at radius 1 is 1.33 bits per heavy atom. The minimum absolute atomic E-state index is 1.05. The first kappa shape index (κ1) is 9.71. The van der Waals surface area contributed by atoms with Gasteiger partial charge < -0.3 is 10.6 Å². The highest BCUT2D eigenvalue weighted by Crippen LogP contribution is 2.05. The van der Waals surface area contributed by atoms with E-state index in [1.807, 2.05) is 7.05 Å². The maximum absolute atomic E-state index is 3.37. The Hall–Kier alpha value is -0.380. The Bertz CT molecular complexity index is 184. The van der Waals surface area contributed by atoms with Gasteiger partial charge in [-0.1, -0.05) is 0 Å². The summed E-state index contributed by atoms with van der Waals surface area (Å²) in [5.74, 6) is 0. The lowest BCUT2D eigenvalue weighted by Crippen LogP contribution is -2.26. The van der Waals surface area contributed by atoms with Gasteiger partial charge in [-0.15, -0.1) is 0 Å². The molecule has 0 saturated heterocycles. The van der Waals surface area contributed by atoms with Gasteiger partial charge in [-0.3, -0.25) is 0 Å². The van der Waals surface area contributed by atoms with Gasteiger partial charge in [-0.25, -0.2) is 0 Å². The van der Waals surface area contributed by atoms with Crippen LogP contribution >= 0.6 is 11.3 Å². The smallest absolute Gasteiger partial charge is 0.00767 e. The van der Waals surface area contributed by atoms with Crippen LogP contribution in [0.1, 0.15) is 5.56 Å². The van der Waals surface area contributed by atoms with Gasteiger partial charge in [0.05, 0.1) is 0 Å². The minimum atomic E-state index is 1.05. The first-order valence-corrected chi connectivity index (χ1v) is 5.24. The second-order valence-corrected chi connectivity index (χ2v) is 3.52. The third-order valence-corrected chi connectivity index (χ3v) is 2.45. The topological polar surface area (TPSA) is 24.1 Å². The van der Waals surface area contributed by atoms with Crippen molar-refractivity contribution in [3.63, 3.8) is 0 Å². The van der Waals surface area contributed by atoms with Crippen molar-refractivity contribution in [2.24, 2.45) is 0 Å². The third-order valence-electron chi connectivity index (χ3n) is 1.72. The lowest BCUT2D eigenvalue weighted by atomic mass is 10.2. The summed E-state index contributed by atoms with van der Waals surface area (Å²) >= 11 is 1.77. The van der Waals surface area contributed by atoms with Crippen molar-refractivity contribution in [3.8, 4) is 0 Å². The molecular weight excluding hydrogens is 168 g/mol. The fraction of sp³-hybridized carbons (Fsp3) is 0.556. The standard InChI is InChI=1S/C9H16N2S/c1-10-5-6-11-4-2-9-3-7-12-8-9/h3,7-8,10-11H,2,4-6H2,1H3. The van der Waals surface area contributed by atoms with Crippen molar-refractivity contribution in [1.29, 1.82) is 0 Å². The number of rotatable bonds is 6. The summed E-state index contributed by atoms with van der Waals surface area (Å²) in [6, 6.07) is 2.18. The van der Waals surface area contributed by atoms with Crippen LogP contribution in [0.3, 0.4) is 0 Å². The molecule has 0 unspecified atom stereocenters. The summed E-state index contributed by atoms with van der Waals surface area (Å²) < 4.78 is 0. The molecule has 1 aromatic rings. The molecular formula is C9H16N2S. The maximum Gasteiger partial charge on any atom is 0.00767 e. The number of likely N-dealkylation sites (N-methyl/N-ethyl adjacent to an activating group) is 1. The molecule has 0 spiro atoms. The van der Waals surface area contributed by atoms with Crippen LogP contribution in [0, 0.1) is 0 Å². The summed E-state index contributed by atoms with van der Waals surface area (Å²) in [5.41, 5.74) is 1.44. The van der Waals surface area contributed by atoms with Gasteiger partial charge in [0.1, 0.15) is 0 Å². The minimum Gasteiger partial charge on any atom is -0.318 e. The van der Waals surface area contributed by atoms with E-state index in [-0.39, 0.29) is 0 Å². The highest BCUT2D eigenvalue weighted by atomic mass is 32.1. The molecule has 0 fully saturated rings. The summed E-state index contributed by atoms with van der Waals surface area (Å²) in [6.45, 7) is 3.18. The molecule has 0 aliphatic carbocycles. The average Bonchev–Trinajstić information content (AvgIpc) is 2.57. The van der Waals surface area contributed by atoms with E-state index in [0.717, 1.165) is 26.1 Å². The largest absolute Gasteiger partial charge is 0.318 e. The molecule has 12 heavy (non-hydrogen) atoms. The van der Waals surface area contributed by atoms with E-state index in [0.29, 0.717) is 0 Å². The fourth-order valence-corrected chi connectivity index (χ4v) is 1.71. The van der Waals surface area contributed by atoms with Crippen LogP contribution < -0.4 is 10.6 Å². The summed E-state index contributed by atoms with van der Waals surface area (Å²) in [7, 11) is 1.97. The van der Waals surface area contributed by atoms with Crippen molar-refractivity contribution in [1.82, 2.24) is 10.6 Å². The molecule has 0 amide bonds. The van der Waals surface area contributed by atoms with Gasteiger partial charge >= 0.3 is 0 Å². The number of thiophene rings is 1. The van der Waals surface area contributed by atoms with Gasteiger partial charge in [0.2, 0.25) is 0 Å². The molecule has 0 saturated carbocycles. The van der Waals surface area contributed by atoms with Crippen molar-refractivity contribution in [3.05, 3.63) is 22.4 Å². The Labute approximate surface area is 78.0 Å². The van der Waals surface area contributed by atoms with Crippen molar-refractivity contribution >= 4 is 11.3 Å². The molecule has 3 heteroatoms. The number of hydrogen-bond donors (Lipinski definition) is 2. The van der Waals surface area contributed by atoms with E-state index < -0.39 is 0 Å². The molecule has 0 aliphatic heterocycles. The third kappa shape index (κ3) is 3.85. The van der Waals surface area contributed by atoms with E-state index in [9.17, 15) is 0 Å². The SMILES string of the molecule is CNCCNCCc1ccsc1. The normalized spacial score (nSPS) is 10.4. The van der Waals surface area contributed by atoms with Crippen LogP contribution in [0.2, 0.25) is 0 Å². The second-order valence-electron chi connectivity index (χ2n) is 2.74. The van der Waals surface area contributed by atoms with Gasteiger partial charge in [0.15, 0.2) is 0 Å². The first-order chi connectivity index (χ1) is 5.93. The zero-order chi connectivity index (χ0) is 8.65. The molecule has 0 aliphatic rings. The molecule has 68 valence electrons. The zero-order valence-electron chi connectivity index (χ0n) is 7.47. The highest BCUT2D eigenvalue weighted by Gasteiger charge is 1.91. The zero-order valence-corrected chi connectivity index (χ0v) is 8.29. The average molecular weight is 184 g/mol. The lowest BCUT2D eigenvalue weighted by Gasteiger charge is -2.02. The van der Waals surface area contributed by atoms with Crippen molar-refractivity contribution in [2.75, 3.05) is 26.7 Å². The summed E-state index contributed by atoms with van der Waals surface area (Å²) in [5, 5.41) is 10.8. The Kier molecular flexibility index (Phi) is 4.99. The quantitative estimate of drug-likeness (QED) is 0.647. The van der Waals surface area contributed by atoms with Crippen LogP contribution in [0.25, 0.3) is 0 Å². The lowest BCUT2D eigenvalue weighted by molar-refractivity contribution is 0.649. The van der Waals surface area contributed by atoms with Crippen LogP contribution in [-0.4, -0.2) is 26.7 Å². The molecule has 1 heterocycles. The molecule has 0 radical (unpaired) electrons. The second kappa shape index (κ2) is 6.17. The van der Waals surface area contributed by atoms with E-state index in [1.54, 1.807) is 11.3 Å². The highest BCUT2D eigenvalue weighted by molar-refractivity contribution is 7.07. The van der Waals surface area contributed by atoms with Crippen molar-refractivity contribution in [2.45, 2.75) is 6.42 Å². The number of nitrogens with one attached hydrogen (secondary N) is 2. The Morgan fingerprint density at radius 3 is 2.92 bits per heavy atom. The summed E-state index contributed by atoms with van der Waals surface area (Å²) in [6.07, 6.45) is 1.15. The van der Waals surface area contributed by atoms with Crippen LogP contribution in [0.4, 0.5) is 0 Å². The molecule has 0 bridgehead atoms. The van der Waals surface area contributed by atoms with Crippen molar-refractivity contribution < 1.29 is 0 Å². The van der Waals surface area contributed by atoms with Crippen LogP contribution in [0.15, 0.2) is 16.8 Å². The van der Waals surface area contributed by atoms with Crippen LogP contribution in [0.5, 0.6) is 0 Å². The number of hydrogen-bond acceptors (Lipinski definition) is 3.